The largest absolute Gasteiger partial charge is 0.103 e. The zero-order chi connectivity index (χ0) is 19.0. The molecule has 0 aliphatic rings. The van der Waals surface area contributed by atoms with Crippen molar-refractivity contribution in [1.29, 1.82) is 0 Å². The molecular formula is C26H50. The maximum atomic E-state index is 3.78. The Morgan fingerprint density at radius 1 is 0.423 bits per heavy atom. The van der Waals surface area contributed by atoms with Crippen LogP contribution in [0.1, 0.15) is 142 Å². The van der Waals surface area contributed by atoms with Gasteiger partial charge in [0, 0.05) is 0 Å². The fourth-order valence-corrected chi connectivity index (χ4v) is 3.60. The first kappa shape index (κ1) is 25.5. The molecule has 0 radical (unpaired) electrons. The highest BCUT2D eigenvalue weighted by molar-refractivity contribution is 4.81. The Morgan fingerprint density at radius 2 is 0.731 bits per heavy atom. The van der Waals surface area contributed by atoms with E-state index in [-0.39, 0.29) is 0 Å². The molecule has 0 spiro atoms. The lowest BCUT2D eigenvalue weighted by atomic mass is 10.0. The summed E-state index contributed by atoms with van der Waals surface area (Å²) < 4.78 is 0. The van der Waals surface area contributed by atoms with Gasteiger partial charge in [-0.3, -0.25) is 0 Å². The van der Waals surface area contributed by atoms with Crippen molar-refractivity contribution in [3.8, 4) is 0 Å². The molecule has 0 aromatic heterocycles. The van der Waals surface area contributed by atoms with Crippen LogP contribution in [0.25, 0.3) is 0 Å². The Hall–Kier alpha value is -0.520. The predicted octanol–water partition coefficient (Wildman–Crippen LogP) is 9.94. The Kier molecular flexibility index (Phi) is 24.0. The van der Waals surface area contributed by atoms with Gasteiger partial charge in [0.15, 0.2) is 0 Å². The van der Waals surface area contributed by atoms with Crippen LogP contribution in [-0.4, -0.2) is 0 Å². The second kappa shape index (κ2) is 24.5. The summed E-state index contributed by atoms with van der Waals surface area (Å²) in [5, 5.41) is 0. The Bertz CT molecular complexity index is 276. The van der Waals surface area contributed by atoms with E-state index in [0.717, 1.165) is 0 Å². The Morgan fingerprint density at radius 3 is 1.08 bits per heavy atom. The van der Waals surface area contributed by atoms with E-state index < -0.39 is 0 Å². The topological polar surface area (TPSA) is 0 Å². The van der Waals surface area contributed by atoms with Crippen LogP contribution >= 0.6 is 0 Å². The van der Waals surface area contributed by atoms with Crippen LogP contribution in [-0.2, 0) is 0 Å². The van der Waals surface area contributed by atoms with Crippen molar-refractivity contribution < 1.29 is 0 Å². The molecule has 0 saturated carbocycles. The summed E-state index contributed by atoms with van der Waals surface area (Å²) in [5.74, 6) is 0. The highest BCUT2D eigenvalue weighted by Crippen LogP contribution is 2.13. The van der Waals surface area contributed by atoms with Crippen molar-refractivity contribution in [2.24, 2.45) is 0 Å². The number of unbranched alkanes of at least 4 members (excludes halogenated alkanes) is 19. The third-order valence-corrected chi connectivity index (χ3v) is 5.42. The summed E-state index contributed by atoms with van der Waals surface area (Å²) in [7, 11) is 0. The lowest BCUT2D eigenvalue weighted by Gasteiger charge is -2.02. The van der Waals surface area contributed by atoms with E-state index in [2.05, 4.69) is 25.7 Å². The smallest absolute Gasteiger partial charge is 0.0351 e. The maximum absolute atomic E-state index is 3.78. The molecule has 154 valence electrons. The molecule has 0 rings (SSSR count). The molecule has 0 aliphatic heterocycles. The van der Waals surface area contributed by atoms with Crippen LogP contribution < -0.4 is 0 Å². The van der Waals surface area contributed by atoms with E-state index >= 15 is 0 Å². The van der Waals surface area contributed by atoms with E-state index in [1.54, 1.807) is 0 Å². The van der Waals surface area contributed by atoms with Gasteiger partial charge in [-0.15, -0.1) is 6.58 Å². The molecule has 0 unspecified atom stereocenters. The third kappa shape index (κ3) is 23.5. The highest BCUT2D eigenvalue weighted by Gasteiger charge is 1.93. The third-order valence-electron chi connectivity index (χ3n) is 5.42. The first-order valence-corrected chi connectivity index (χ1v) is 12.2. The molecule has 0 saturated heterocycles. The average Bonchev–Trinajstić information content (AvgIpc) is 2.66. The zero-order valence-corrected chi connectivity index (χ0v) is 18.3. The molecule has 0 fully saturated rings. The van der Waals surface area contributed by atoms with E-state index in [1.165, 1.54) is 135 Å². The minimum atomic E-state index is 1.20. The molecule has 0 heterocycles. The van der Waals surface area contributed by atoms with Crippen molar-refractivity contribution in [1.82, 2.24) is 0 Å². The van der Waals surface area contributed by atoms with Crippen molar-refractivity contribution in [3.05, 3.63) is 24.8 Å². The maximum Gasteiger partial charge on any atom is -0.0351 e. The molecule has 0 aliphatic carbocycles. The van der Waals surface area contributed by atoms with Crippen LogP contribution in [0, 0.1) is 0 Å². The van der Waals surface area contributed by atoms with E-state index in [0.29, 0.717) is 0 Å². The van der Waals surface area contributed by atoms with Crippen molar-refractivity contribution in [2.75, 3.05) is 0 Å². The van der Waals surface area contributed by atoms with Gasteiger partial charge in [-0.2, -0.15) is 0 Å². The minimum Gasteiger partial charge on any atom is -0.103 e. The van der Waals surface area contributed by atoms with Crippen LogP contribution in [0.3, 0.4) is 0 Å². The van der Waals surface area contributed by atoms with Gasteiger partial charge in [-0.05, 0) is 38.5 Å². The van der Waals surface area contributed by atoms with E-state index in [9.17, 15) is 0 Å². The molecule has 0 aromatic carbocycles. The molecular weight excluding hydrogens is 312 g/mol. The lowest BCUT2D eigenvalue weighted by Crippen LogP contribution is -1.82. The lowest BCUT2D eigenvalue weighted by molar-refractivity contribution is 0.545. The quantitative estimate of drug-likeness (QED) is 0.133. The number of rotatable bonds is 22. The second-order valence-corrected chi connectivity index (χ2v) is 8.14. The van der Waals surface area contributed by atoms with Crippen LogP contribution in [0.4, 0.5) is 0 Å². The monoisotopic (exact) mass is 362 g/mol. The summed E-state index contributed by atoms with van der Waals surface area (Å²) >= 11 is 0. The number of hydrogen-bond acceptors (Lipinski definition) is 0. The fourth-order valence-electron chi connectivity index (χ4n) is 3.60. The fraction of sp³-hybridized carbons (Fsp3) is 0.846. The van der Waals surface area contributed by atoms with Gasteiger partial charge < -0.3 is 0 Å². The standard InChI is InChI=1S/C26H50/c1-3-5-7-9-11-13-15-17-19-21-23-25-26-24-22-20-18-16-14-12-10-8-6-4-2/h3,21,23H,1,4-20,22,24-26H2,2H3. The molecule has 0 amide bonds. The van der Waals surface area contributed by atoms with Gasteiger partial charge in [-0.1, -0.05) is 121 Å². The average molecular weight is 363 g/mol. The molecule has 26 heavy (non-hydrogen) atoms. The molecule has 0 N–H and O–H groups in total. The van der Waals surface area contributed by atoms with E-state index in [4.69, 9.17) is 0 Å². The van der Waals surface area contributed by atoms with Gasteiger partial charge >= 0.3 is 0 Å². The summed E-state index contributed by atoms with van der Waals surface area (Å²) in [6.45, 7) is 6.07. The van der Waals surface area contributed by atoms with E-state index in [1.807, 2.05) is 6.08 Å². The molecule has 0 aromatic rings. The molecule has 0 atom stereocenters. The van der Waals surface area contributed by atoms with Gasteiger partial charge in [-0.25, -0.2) is 0 Å². The van der Waals surface area contributed by atoms with Gasteiger partial charge in [0.1, 0.15) is 0 Å². The zero-order valence-electron chi connectivity index (χ0n) is 18.3. The van der Waals surface area contributed by atoms with Crippen LogP contribution in [0.15, 0.2) is 24.8 Å². The highest BCUT2D eigenvalue weighted by atomic mass is 14.0. The van der Waals surface area contributed by atoms with Crippen molar-refractivity contribution >= 4 is 0 Å². The Balaban J connectivity index is 3.05. The molecule has 0 bridgehead atoms. The van der Waals surface area contributed by atoms with Gasteiger partial charge in [0.05, 0.1) is 0 Å². The predicted molar refractivity (Wildman–Crippen MR) is 122 cm³/mol. The van der Waals surface area contributed by atoms with Crippen molar-refractivity contribution in [3.63, 3.8) is 0 Å². The Labute approximate surface area is 166 Å². The first-order chi connectivity index (χ1) is 12.9. The number of allylic oxidation sites excluding steroid dienone is 3. The first-order valence-electron chi connectivity index (χ1n) is 12.2. The van der Waals surface area contributed by atoms with Crippen molar-refractivity contribution in [2.45, 2.75) is 142 Å². The SMILES string of the molecule is C=CCCCCCCCCC=CCCCCCCCCCCCCCC. The molecule has 0 nitrogen and oxygen atoms in total. The normalized spacial score (nSPS) is 11.4. The second-order valence-electron chi connectivity index (χ2n) is 8.14. The molecule has 0 heteroatoms. The number of hydrogen-bond donors (Lipinski definition) is 0. The van der Waals surface area contributed by atoms with Gasteiger partial charge in [0.2, 0.25) is 0 Å². The summed E-state index contributed by atoms with van der Waals surface area (Å²) in [4.78, 5) is 0. The van der Waals surface area contributed by atoms with Gasteiger partial charge in [0.25, 0.3) is 0 Å². The summed E-state index contributed by atoms with van der Waals surface area (Å²) in [6.07, 6.45) is 36.4. The summed E-state index contributed by atoms with van der Waals surface area (Å²) in [6, 6.07) is 0. The summed E-state index contributed by atoms with van der Waals surface area (Å²) in [5.41, 5.74) is 0. The minimum absolute atomic E-state index is 1.20. The van der Waals surface area contributed by atoms with Crippen LogP contribution in [0.2, 0.25) is 0 Å². The van der Waals surface area contributed by atoms with Crippen LogP contribution in [0.5, 0.6) is 0 Å².